The summed E-state index contributed by atoms with van der Waals surface area (Å²) in [5, 5.41) is 0.804. The van der Waals surface area contributed by atoms with Gasteiger partial charge in [-0.25, -0.2) is 3.11 Å². The Kier molecular flexibility index (Phi) is 4.46. The van der Waals surface area contributed by atoms with Gasteiger partial charge in [0.25, 0.3) is 11.8 Å². The van der Waals surface area contributed by atoms with Crippen molar-refractivity contribution < 1.29 is 14.4 Å². The lowest BCUT2D eigenvalue weighted by Gasteiger charge is -2.34. The zero-order valence-electron chi connectivity index (χ0n) is 16.0. The van der Waals surface area contributed by atoms with Gasteiger partial charge in [0.05, 0.1) is 45.3 Å². The van der Waals surface area contributed by atoms with Crippen molar-refractivity contribution in [3.8, 4) is 0 Å². The third-order valence-electron chi connectivity index (χ3n) is 6.04. The van der Waals surface area contributed by atoms with Crippen LogP contribution in [0.5, 0.6) is 0 Å². The maximum absolute atomic E-state index is 13.3. The van der Waals surface area contributed by atoms with Gasteiger partial charge in [0.2, 0.25) is 5.91 Å². The Balaban J connectivity index is 1.59. The monoisotopic (exact) mass is 505 g/mol. The minimum absolute atomic E-state index is 0.194. The highest BCUT2D eigenvalue weighted by Crippen LogP contribution is 2.42. The number of imide groups is 1. The molecule has 1 unspecified atom stereocenters. The standard InChI is InChI=1S/C20H20IN5O3/c1-23-8-10-24(11-9-23)14-3-2-12-17-13(6-7-22-18(14)17)25(19(12)28)15-4-5-16(27)26(21)20(15)29/h2-3,6-7,15H,4-5,8-11H2,1H3. The summed E-state index contributed by atoms with van der Waals surface area (Å²) in [5.41, 5.74) is 3.11. The van der Waals surface area contributed by atoms with Crippen LogP contribution in [0.25, 0.3) is 10.9 Å². The number of benzene rings is 1. The zero-order chi connectivity index (χ0) is 20.3. The smallest absolute Gasteiger partial charge is 0.261 e. The molecule has 3 aliphatic rings. The van der Waals surface area contributed by atoms with Crippen LogP contribution in [0.3, 0.4) is 0 Å². The summed E-state index contributed by atoms with van der Waals surface area (Å²) >= 11 is 1.73. The minimum atomic E-state index is -0.665. The van der Waals surface area contributed by atoms with Crippen molar-refractivity contribution in [1.29, 1.82) is 0 Å². The fraction of sp³-hybridized carbons (Fsp3) is 0.400. The molecule has 9 heteroatoms. The van der Waals surface area contributed by atoms with E-state index < -0.39 is 6.04 Å². The molecule has 4 heterocycles. The van der Waals surface area contributed by atoms with Crippen LogP contribution in [0, 0.1) is 0 Å². The SMILES string of the molecule is CN1CCN(c2ccc3c4c(ccnc24)N(C2CCC(=O)N(I)C2=O)C3=O)CC1. The van der Waals surface area contributed by atoms with Crippen molar-refractivity contribution in [3.05, 3.63) is 30.0 Å². The number of hydrogen-bond acceptors (Lipinski definition) is 6. The number of carbonyl (C=O) groups is 3. The van der Waals surface area contributed by atoms with Crippen LogP contribution in [0.2, 0.25) is 0 Å². The van der Waals surface area contributed by atoms with Crippen LogP contribution in [-0.4, -0.2) is 70.0 Å². The van der Waals surface area contributed by atoms with Crippen molar-refractivity contribution in [3.63, 3.8) is 0 Å². The number of anilines is 2. The maximum atomic E-state index is 13.3. The number of halogens is 1. The van der Waals surface area contributed by atoms with Crippen molar-refractivity contribution in [2.24, 2.45) is 0 Å². The molecule has 29 heavy (non-hydrogen) atoms. The van der Waals surface area contributed by atoms with E-state index in [0.717, 1.165) is 45.9 Å². The maximum Gasteiger partial charge on any atom is 0.261 e. The lowest BCUT2D eigenvalue weighted by molar-refractivity contribution is -0.140. The number of hydrogen-bond donors (Lipinski definition) is 0. The van der Waals surface area contributed by atoms with Crippen LogP contribution in [0.1, 0.15) is 23.2 Å². The van der Waals surface area contributed by atoms with Gasteiger partial charge in [-0.15, -0.1) is 0 Å². The number of piperidine rings is 1. The van der Waals surface area contributed by atoms with E-state index in [0.29, 0.717) is 17.7 Å². The molecule has 0 N–H and O–H groups in total. The van der Waals surface area contributed by atoms with Gasteiger partial charge < -0.3 is 9.80 Å². The van der Waals surface area contributed by atoms with Crippen molar-refractivity contribution in [2.75, 3.05) is 43.0 Å². The van der Waals surface area contributed by atoms with Gasteiger partial charge in [0.15, 0.2) is 0 Å². The summed E-state index contributed by atoms with van der Waals surface area (Å²) in [5.74, 6) is -0.749. The highest BCUT2D eigenvalue weighted by molar-refractivity contribution is 14.1. The zero-order valence-corrected chi connectivity index (χ0v) is 18.1. The summed E-state index contributed by atoms with van der Waals surface area (Å²) in [4.78, 5) is 48.7. The van der Waals surface area contributed by atoms with Gasteiger partial charge >= 0.3 is 0 Å². The molecule has 3 amide bonds. The van der Waals surface area contributed by atoms with E-state index in [-0.39, 0.29) is 24.1 Å². The molecule has 0 spiro atoms. The quantitative estimate of drug-likeness (QED) is 0.352. The molecule has 1 aromatic heterocycles. The molecule has 1 aromatic carbocycles. The van der Waals surface area contributed by atoms with E-state index in [2.05, 4.69) is 21.8 Å². The van der Waals surface area contributed by atoms with Crippen LogP contribution in [0.15, 0.2) is 24.4 Å². The van der Waals surface area contributed by atoms with E-state index in [9.17, 15) is 14.4 Å². The lowest BCUT2D eigenvalue weighted by atomic mass is 10.0. The van der Waals surface area contributed by atoms with Gasteiger partial charge in [0.1, 0.15) is 6.04 Å². The number of nitrogens with zero attached hydrogens (tertiary/aromatic N) is 5. The number of carbonyl (C=O) groups excluding carboxylic acids is 3. The predicted molar refractivity (Wildman–Crippen MR) is 117 cm³/mol. The predicted octanol–water partition coefficient (Wildman–Crippen LogP) is 1.81. The summed E-state index contributed by atoms with van der Waals surface area (Å²) in [6, 6.07) is 4.95. The van der Waals surface area contributed by atoms with Gasteiger partial charge in [-0.2, -0.15) is 0 Å². The number of pyridine rings is 1. The molecule has 1 atom stereocenters. The van der Waals surface area contributed by atoms with Crippen LogP contribution >= 0.6 is 22.9 Å². The largest absolute Gasteiger partial charge is 0.367 e. The number of aromatic nitrogens is 1. The second-order valence-corrected chi connectivity index (χ2v) is 8.68. The van der Waals surface area contributed by atoms with Crippen LogP contribution in [-0.2, 0) is 9.59 Å². The molecule has 2 aromatic rings. The van der Waals surface area contributed by atoms with Gasteiger partial charge in [-0.05, 0) is 31.7 Å². The van der Waals surface area contributed by atoms with Gasteiger partial charge in [0, 0.05) is 44.2 Å². The molecule has 0 bridgehead atoms. The number of likely N-dealkylation sites (N-methyl/N-ethyl adjacent to an activating group) is 1. The first kappa shape index (κ1) is 18.7. The summed E-state index contributed by atoms with van der Waals surface area (Å²) in [6.07, 6.45) is 2.29. The minimum Gasteiger partial charge on any atom is -0.367 e. The molecule has 5 rings (SSSR count). The summed E-state index contributed by atoms with van der Waals surface area (Å²) < 4.78 is 1.11. The molecule has 0 aliphatic carbocycles. The molecule has 150 valence electrons. The Bertz CT molecular complexity index is 1050. The summed E-state index contributed by atoms with van der Waals surface area (Å²) in [7, 11) is 2.11. The van der Waals surface area contributed by atoms with Gasteiger partial charge in [-0.1, -0.05) is 0 Å². The topological polar surface area (TPSA) is 77.1 Å². The van der Waals surface area contributed by atoms with Crippen LogP contribution in [0.4, 0.5) is 11.4 Å². The second kappa shape index (κ2) is 6.91. The van der Waals surface area contributed by atoms with Crippen molar-refractivity contribution in [2.45, 2.75) is 18.9 Å². The molecule has 0 radical (unpaired) electrons. The highest BCUT2D eigenvalue weighted by atomic mass is 127. The Morgan fingerprint density at radius 2 is 1.79 bits per heavy atom. The molecule has 3 aliphatic heterocycles. The molecular formula is C20H20IN5O3. The highest BCUT2D eigenvalue weighted by Gasteiger charge is 2.43. The third-order valence-corrected chi connectivity index (χ3v) is 7.06. The van der Waals surface area contributed by atoms with Crippen molar-refractivity contribution in [1.82, 2.24) is 13.0 Å². The van der Waals surface area contributed by atoms with E-state index >= 15 is 0 Å². The van der Waals surface area contributed by atoms with E-state index in [1.54, 1.807) is 40.0 Å². The van der Waals surface area contributed by atoms with Gasteiger partial charge in [-0.3, -0.25) is 24.3 Å². The van der Waals surface area contributed by atoms with E-state index in [1.165, 1.54) is 0 Å². The fourth-order valence-electron chi connectivity index (χ4n) is 4.44. The second-order valence-electron chi connectivity index (χ2n) is 7.72. The molecule has 0 saturated carbocycles. The Morgan fingerprint density at radius 3 is 2.55 bits per heavy atom. The fourth-order valence-corrected chi connectivity index (χ4v) is 5.00. The Labute approximate surface area is 181 Å². The summed E-state index contributed by atoms with van der Waals surface area (Å²) in [6.45, 7) is 3.76. The van der Waals surface area contributed by atoms with E-state index in [1.807, 2.05) is 12.1 Å². The molecule has 8 nitrogen and oxygen atoms in total. The normalized spacial score (nSPS) is 22.9. The molecule has 2 saturated heterocycles. The van der Waals surface area contributed by atoms with E-state index in [4.69, 9.17) is 0 Å². The first-order chi connectivity index (χ1) is 14.0. The average molecular weight is 505 g/mol. The number of rotatable bonds is 2. The number of amides is 3. The first-order valence-electron chi connectivity index (χ1n) is 9.68. The van der Waals surface area contributed by atoms with Crippen LogP contribution < -0.4 is 9.80 Å². The lowest BCUT2D eigenvalue weighted by Crippen LogP contribution is -2.52. The Hall–Kier alpha value is -2.27. The average Bonchev–Trinajstić information content (AvgIpc) is 3.01. The molecule has 2 fully saturated rings. The number of piperazine rings is 1. The Morgan fingerprint density at radius 1 is 1.03 bits per heavy atom. The first-order valence-corrected chi connectivity index (χ1v) is 10.6. The molecular weight excluding hydrogens is 485 g/mol. The van der Waals surface area contributed by atoms with Crippen molar-refractivity contribution >= 4 is 62.9 Å². The third kappa shape index (κ3) is 2.82.